The van der Waals surface area contributed by atoms with Gasteiger partial charge in [0, 0.05) is 11.6 Å². The minimum absolute atomic E-state index is 0.0132. The Bertz CT molecular complexity index is 811. The lowest BCUT2D eigenvalue weighted by Gasteiger charge is -2.13. The zero-order chi connectivity index (χ0) is 15.7. The molecule has 0 bridgehead atoms. The van der Waals surface area contributed by atoms with Crippen LogP contribution in [0, 0.1) is 0 Å². The Labute approximate surface area is 127 Å². The van der Waals surface area contributed by atoms with Gasteiger partial charge in [0.1, 0.15) is 5.76 Å². The van der Waals surface area contributed by atoms with E-state index in [1.54, 1.807) is 37.1 Å². The monoisotopic (exact) mass is 299 g/mol. The van der Waals surface area contributed by atoms with E-state index in [0.717, 1.165) is 11.3 Å². The zero-order valence-electron chi connectivity index (χ0n) is 12.7. The van der Waals surface area contributed by atoms with Crippen molar-refractivity contribution in [3.8, 4) is 0 Å². The molecule has 0 aliphatic carbocycles. The molecule has 0 saturated carbocycles. The standard InChI is InChI=1S/C16H17N3O3/c1-16(2,3)13-8-18-14(22-13)9-21-15(20)11-4-5-19-10-17-7-12(19)6-11/h4-8,10H,9H2,1-3H3. The lowest BCUT2D eigenvalue weighted by Crippen LogP contribution is -2.09. The number of ether oxygens (including phenoxy) is 1. The Hall–Kier alpha value is -2.63. The van der Waals surface area contributed by atoms with Crippen LogP contribution < -0.4 is 0 Å². The van der Waals surface area contributed by atoms with Gasteiger partial charge in [-0.05, 0) is 12.1 Å². The molecule has 0 N–H and O–H groups in total. The van der Waals surface area contributed by atoms with Crippen LogP contribution in [0.2, 0.25) is 0 Å². The van der Waals surface area contributed by atoms with Gasteiger partial charge in [0.25, 0.3) is 0 Å². The molecule has 114 valence electrons. The third kappa shape index (κ3) is 2.86. The fourth-order valence-electron chi connectivity index (χ4n) is 1.98. The predicted octanol–water partition coefficient (Wildman–Crippen LogP) is 2.98. The first kappa shape index (κ1) is 14.3. The van der Waals surface area contributed by atoms with Crippen molar-refractivity contribution in [1.82, 2.24) is 14.4 Å². The maximum Gasteiger partial charge on any atom is 0.338 e. The van der Waals surface area contributed by atoms with E-state index < -0.39 is 5.97 Å². The molecule has 3 heterocycles. The van der Waals surface area contributed by atoms with E-state index in [-0.39, 0.29) is 12.0 Å². The lowest BCUT2D eigenvalue weighted by atomic mass is 9.94. The molecule has 0 saturated heterocycles. The van der Waals surface area contributed by atoms with Crippen molar-refractivity contribution < 1.29 is 13.9 Å². The number of carbonyl (C=O) groups excluding carboxylic acids is 1. The predicted molar refractivity (Wildman–Crippen MR) is 79.5 cm³/mol. The highest BCUT2D eigenvalue weighted by Crippen LogP contribution is 2.23. The van der Waals surface area contributed by atoms with Crippen LogP contribution in [0.25, 0.3) is 5.52 Å². The summed E-state index contributed by atoms with van der Waals surface area (Å²) in [6.07, 6.45) is 6.79. The van der Waals surface area contributed by atoms with Crippen LogP contribution in [0.3, 0.4) is 0 Å². The first-order valence-electron chi connectivity index (χ1n) is 6.97. The van der Waals surface area contributed by atoms with Crippen molar-refractivity contribution in [2.24, 2.45) is 0 Å². The van der Waals surface area contributed by atoms with Gasteiger partial charge in [0.05, 0.1) is 29.8 Å². The Morgan fingerprint density at radius 2 is 2.18 bits per heavy atom. The highest BCUT2D eigenvalue weighted by molar-refractivity contribution is 5.90. The fraction of sp³-hybridized carbons (Fsp3) is 0.312. The Morgan fingerprint density at radius 1 is 1.36 bits per heavy atom. The van der Waals surface area contributed by atoms with Gasteiger partial charge in [-0.1, -0.05) is 20.8 Å². The van der Waals surface area contributed by atoms with Crippen LogP contribution in [0.15, 0.2) is 41.5 Å². The molecule has 22 heavy (non-hydrogen) atoms. The Kier molecular flexibility index (Phi) is 3.44. The van der Waals surface area contributed by atoms with Gasteiger partial charge in [-0.3, -0.25) is 0 Å². The first-order chi connectivity index (χ1) is 10.4. The van der Waals surface area contributed by atoms with E-state index in [1.165, 1.54) is 0 Å². The molecular formula is C16H17N3O3. The maximum absolute atomic E-state index is 12.1. The van der Waals surface area contributed by atoms with Crippen molar-refractivity contribution in [2.75, 3.05) is 0 Å². The summed E-state index contributed by atoms with van der Waals surface area (Å²) < 4.78 is 12.7. The molecule has 6 heteroatoms. The molecule has 0 unspecified atom stereocenters. The first-order valence-corrected chi connectivity index (χ1v) is 6.97. The number of esters is 1. The topological polar surface area (TPSA) is 69.6 Å². The summed E-state index contributed by atoms with van der Waals surface area (Å²) in [4.78, 5) is 20.2. The normalized spacial score (nSPS) is 11.8. The van der Waals surface area contributed by atoms with Crippen molar-refractivity contribution in [1.29, 1.82) is 0 Å². The second-order valence-electron chi connectivity index (χ2n) is 6.09. The second kappa shape index (κ2) is 5.29. The molecule has 6 nitrogen and oxygen atoms in total. The summed E-state index contributed by atoms with van der Waals surface area (Å²) in [7, 11) is 0. The molecule has 3 rings (SSSR count). The molecule has 0 aliphatic rings. The number of fused-ring (bicyclic) bond motifs is 1. The second-order valence-corrected chi connectivity index (χ2v) is 6.09. The van der Waals surface area contributed by atoms with Crippen molar-refractivity contribution >= 4 is 11.5 Å². The number of hydrogen-bond donors (Lipinski definition) is 0. The minimum Gasteiger partial charge on any atom is -0.452 e. The minimum atomic E-state index is -0.417. The SMILES string of the molecule is CC(C)(C)c1cnc(COC(=O)c2ccn3cncc3c2)o1. The quantitative estimate of drug-likeness (QED) is 0.695. The van der Waals surface area contributed by atoms with E-state index >= 15 is 0 Å². The van der Waals surface area contributed by atoms with Crippen LogP contribution in [0.5, 0.6) is 0 Å². The van der Waals surface area contributed by atoms with Crippen LogP contribution in [-0.2, 0) is 16.8 Å². The largest absolute Gasteiger partial charge is 0.452 e. The number of rotatable bonds is 3. The number of aromatic nitrogens is 3. The van der Waals surface area contributed by atoms with Gasteiger partial charge in [0.2, 0.25) is 5.89 Å². The van der Waals surface area contributed by atoms with Gasteiger partial charge in [0.15, 0.2) is 6.61 Å². The summed E-state index contributed by atoms with van der Waals surface area (Å²) in [5.74, 6) is 0.738. The number of pyridine rings is 1. The van der Waals surface area contributed by atoms with E-state index in [9.17, 15) is 4.79 Å². The van der Waals surface area contributed by atoms with Gasteiger partial charge >= 0.3 is 5.97 Å². The highest BCUT2D eigenvalue weighted by atomic mass is 16.5. The Balaban J connectivity index is 1.68. The number of carbonyl (C=O) groups is 1. The molecule has 3 aromatic heterocycles. The van der Waals surface area contributed by atoms with Gasteiger partial charge < -0.3 is 13.6 Å². The van der Waals surface area contributed by atoms with Gasteiger partial charge in [-0.25, -0.2) is 14.8 Å². The van der Waals surface area contributed by atoms with Crippen LogP contribution in [-0.4, -0.2) is 20.3 Å². The van der Waals surface area contributed by atoms with Crippen LogP contribution in [0.4, 0.5) is 0 Å². The van der Waals surface area contributed by atoms with Crippen LogP contribution >= 0.6 is 0 Å². The molecular weight excluding hydrogens is 282 g/mol. The van der Waals surface area contributed by atoms with Crippen LogP contribution in [0.1, 0.15) is 42.8 Å². The molecule has 3 aromatic rings. The number of oxazole rings is 1. The molecule has 0 atom stereocenters. The fourth-order valence-corrected chi connectivity index (χ4v) is 1.98. The zero-order valence-corrected chi connectivity index (χ0v) is 12.7. The van der Waals surface area contributed by atoms with E-state index in [0.29, 0.717) is 11.5 Å². The summed E-state index contributed by atoms with van der Waals surface area (Å²) in [6.45, 7) is 6.11. The van der Waals surface area contributed by atoms with E-state index in [1.807, 2.05) is 25.2 Å². The number of imidazole rings is 1. The third-order valence-corrected chi connectivity index (χ3v) is 3.27. The summed E-state index contributed by atoms with van der Waals surface area (Å²) in [5.41, 5.74) is 1.18. The van der Waals surface area contributed by atoms with Gasteiger partial charge in [-0.2, -0.15) is 0 Å². The third-order valence-electron chi connectivity index (χ3n) is 3.27. The highest BCUT2D eigenvalue weighted by Gasteiger charge is 2.19. The molecule has 0 fully saturated rings. The van der Waals surface area contributed by atoms with E-state index in [4.69, 9.17) is 9.15 Å². The van der Waals surface area contributed by atoms with E-state index in [2.05, 4.69) is 9.97 Å². The van der Waals surface area contributed by atoms with Crippen molar-refractivity contribution in [3.63, 3.8) is 0 Å². The molecule has 0 spiro atoms. The number of hydrogen-bond acceptors (Lipinski definition) is 5. The summed E-state index contributed by atoms with van der Waals surface area (Å²) >= 11 is 0. The summed E-state index contributed by atoms with van der Waals surface area (Å²) in [5, 5.41) is 0. The average molecular weight is 299 g/mol. The smallest absolute Gasteiger partial charge is 0.338 e. The molecule has 0 aromatic carbocycles. The molecule has 0 amide bonds. The maximum atomic E-state index is 12.1. The van der Waals surface area contributed by atoms with Crippen molar-refractivity contribution in [3.05, 3.63) is 54.3 Å². The summed E-state index contributed by atoms with van der Waals surface area (Å²) in [6, 6.07) is 3.42. The molecule has 0 aliphatic heterocycles. The average Bonchev–Trinajstić information content (AvgIpc) is 3.12. The van der Waals surface area contributed by atoms with Crippen molar-refractivity contribution in [2.45, 2.75) is 32.8 Å². The van der Waals surface area contributed by atoms with Gasteiger partial charge in [-0.15, -0.1) is 0 Å². The Morgan fingerprint density at radius 3 is 2.91 bits per heavy atom. The number of nitrogens with zero attached hydrogens (tertiary/aromatic N) is 3. The lowest BCUT2D eigenvalue weighted by molar-refractivity contribution is 0.0435. The molecule has 0 radical (unpaired) electrons.